The lowest BCUT2D eigenvalue weighted by molar-refractivity contribution is -0.115. The molecule has 0 radical (unpaired) electrons. The predicted molar refractivity (Wildman–Crippen MR) is 105 cm³/mol. The Morgan fingerprint density at radius 3 is 2.48 bits per heavy atom. The summed E-state index contributed by atoms with van der Waals surface area (Å²) in [6.07, 6.45) is 0. The third-order valence-electron chi connectivity index (χ3n) is 3.29. The summed E-state index contributed by atoms with van der Waals surface area (Å²) in [6, 6.07) is 16.6. The molecule has 0 aliphatic heterocycles. The third-order valence-corrected chi connectivity index (χ3v) is 5.20. The van der Waals surface area contributed by atoms with Crippen molar-refractivity contribution in [3.63, 3.8) is 0 Å². The van der Waals surface area contributed by atoms with Crippen LogP contribution in [0.1, 0.15) is 0 Å². The number of aromatic nitrogens is 2. The number of nitrogens with two attached hydrogens (primary N) is 1. The Bertz CT molecular complexity index is 931. The number of nitrogens with one attached hydrogen (secondary N) is 1. The summed E-state index contributed by atoms with van der Waals surface area (Å²) in [7, 11) is 0. The van der Waals surface area contributed by atoms with Gasteiger partial charge in [-0.3, -0.25) is 9.59 Å². The van der Waals surface area contributed by atoms with Crippen molar-refractivity contribution in [2.45, 2.75) is 10.1 Å². The van der Waals surface area contributed by atoms with Crippen LogP contribution in [0, 0.1) is 0 Å². The molecule has 0 unspecified atom stereocenters. The van der Waals surface area contributed by atoms with E-state index in [4.69, 9.17) is 10.2 Å². The zero-order valence-electron chi connectivity index (χ0n) is 14.1. The molecule has 0 fully saturated rings. The lowest BCUT2D eigenvalue weighted by atomic mass is 10.2. The van der Waals surface area contributed by atoms with Crippen LogP contribution in [0.3, 0.4) is 0 Å². The molecule has 3 rings (SSSR count). The summed E-state index contributed by atoms with van der Waals surface area (Å²) >= 11 is 2.43. The van der Waals surface area contributed by atoms with E-state index in [2.05, 4.69) is 15.5 Å². The highest BCUT2D eigenvalue weighted by molar-refractivity contribution is 8.00. The summed E-state index contributed by atoms with van der Waals surface area (Å²) in [5, 5.41) is 11.1. The number of hydrogen-bond donors (Lipinski definition) is 2. The second-order valence-corrected chi connectivity index (χ2v) is 7.27. The van der Waals surface area contributed by atoms with Crippen LogP contribution in [0.15, 0.2) is 69.1 Å². The van der Waals surface area contributed by atoms with E-state index in [0.717, 1.165) is 22.2 Å². The average molecular weight is 400 g/mol. The van der Waals surface area contributed by atoms with Crippen molar-refractivity contribution in [3.8, 4) is 11.5 Å². The molecule has 1 heterocycles. The number of para-hydroxylation sites is 1. The van der Waals surface area contributed by atoms with E-state index < -0.39 is 5.91 Å². The summed E-state index contributed by atoms with van der Waals surface area (Å²) < 4.78 is 5.56. The number of rotatable bonds is 8. The molecule has 3 aromatic rings. The Balaban J connectivity index is 1.56. The highest BCUT2D eigenvalue weighted by Crippen LogP contribution is 2.27. The Labute approximate surface area is 164 Å². The lowest BCUT2D eigenvalue weighted by Gasteiger charge is -2.09. The fourth-order valence-corrected chi connectivity index (χ4v) is 3.43. The molecule has 0 atom stereocenters. The van der Waals surface area contributed by atoms with Crippen LogP contribution < -0.4 is 11.1 Å². The van der Waals surface area contributed by atoms with E-state index >= 15 is 0 Å². The first-order valence-corrected chi connectivity index (χ1v) is 9.90. The number of hydrogen-bond acceptors (Lipinski definition) is 7. The van der Waals surface area contributed by atoms with E-state index in [1.165, 1.54) is 11.8 Å². The molecule has 3 N–H and O–H groups in total. The van der Waals surface area contributed by atoms with E-state index in [1.54, 1.807) is 12.1 Å². The van der Waals surface area contributed by atoms with Crippen molar-refractivity contribution in [2.75, 3.05) is 16.8 Å². The summed E-state index contributed by atoms with van der Waals surface area (Å²) in [4.78, 5) is 24.0. The van der Waals surface area contributed by atoms with Crippen molar-refractivity contribution in [1.29, 1.82) is 0 Å². The van der Waals surface area contributed by atoms with Gasteiger partial charge in [0.05, 0.1) is 17.2 Å². The fourth-order valence-electron chi connectivity index (χ4n) is 2.12. The van der Waals surface area contributed by atoms with Crippen LogP contribution in [0.5, 0.6) is 0 Å². The molecule has 2 aromatic carbocycles. The molecule has 9 heteroatoms. The minimum Gasteiger partial charge on any atom is -0.411 e. The van der Waals surface area contributed by atoms with Gasteiger partial charge in [0, 0.05) is 10.5 Å². The predicted octanol–water partition coefficient (Wildman–Crippen LogP) is 3.04. The summed E-state index contributed by atoms with van der Waals surface area (Å²) in [5.41, 5.74) is 6.62. The number of amides is 2. The van der Waals surface area contributed by atoms with Gasteiger partial charge in [-0.2, -0.15) is 0 Å². The van der Waals surface area contributed by atoms with Gasteiger partial charge in [-0.15, -0.1) is 22.0 Å². The molecule has 0 spiro atoms. The lowest BCUT2D eigenvalue weighted by Crippen LogP contribution is -2.16. The smallest absolute Gasteiger partial charge is 0.277 e. The first kappa shape index (κ1) is 19.0. The first-order chi connectivity index (χ1) is 13.1. The van der Waals surface area contributed by atoms with Crippen LogP contribution in [0.2, 0.25) is 0 Å². The SMILES string of the molecule is NC(=O)CSc1ccccc1NC(=O)CSc1nnc(-c2ccccc2)o1. The zero-order chi connectivity index (χ0) is 19.1. The van der Waals surface area contributed by atoms with Gasteiger partial charge in [0.25, 0.3) is 5.22 Å². The molecule has 0 saturated carbocycles. The minimum atomic E-state index is -0.415. The van der Waals surface area contributed by atoms with Gasteiger partial charge in [0.2, 0.25) is 17.7 Å². The van der Waals surface area contributed by atoms with Crippen LogP contribution in [0.25, 0.3) is 11.5 Å². The number of anilines is 1. The standard InChI is InChI=1S/C18H16N4O3S2/c19-15(23)10-26-14-9-5-4-8-13(14)20-16(24)11-27-18-22-21-17(25-18)12-6-2-1-3-7-12/h1-9H,10-11H2,(H2,19,23)(H,20,24). The molecule has 0 aliphatic rings. The molecular weight excluding hydrogens is 384 g/mol. The van der Waals surface area contributed by atoms with Crippen LogP contribution in [-0.2, 0) is 9.59 Å². The third kappa shape index (κ3) is 5.60. The Hall–Kier alpha value is -2.78. The van der Waals surface area contributed by atoms with Gasteiger partial charge >= 0.3 is 0 Å². The molecule has 2 amide bonds. The number of carbonyl (C=O) groups excluding carboxylic acids is 2. The zero-order valence-corrected chi connectivity index (χ0v) is 15.8. The minimum absolute atomic E-state index is 0.116. The van der Waals surface area contributed by atoms with Gasteiger partial charge < -0.3 is 15.5 Å². The fraction of sp³-hybridized carbons (Fsp3) is 0.111. The van der Waals surface area contributed by atoms with Gasteiger partial charge in [-0.1, -0.05) is 42.1 Å². The van der Waals surface area contributed by atoms with Crippen LogP contribution >= 0.6 is 23.5 Å². The van der Waals surface area contributed by atoms with Crippen LogP contribution in [-0.4, -0.2) is 33.5 Å². The molecule has 27 heavy (non-hydrogen) atoms. The maximum atomic E-state index is 12.2. The van der Waals surface area contributed by atoms with Crippen LogP contribution in [0.4, 0.5) is 5.69 Å². The first-order valence-electron chi connectivity index (χ1n) is 7.93. The van der Waals surface area contributed by atoms with E-state index in [9.17, 15) is 9.59 Å². The summed E-state index contributed by atoms with van der Waals surface area (Å²) in [6.45, 7) is 0. The van der Waals surface area contributed by atoms with E-state index in [1.807, 2.05) is 42.5 Å². The van der Waals surface area contributed by atoms with Crippen molar-refractivity contribution < 1.29 is 14.0 Å². The number of nitrogens with zero attached hydrogens (tertiary/aromatic N) is 2. The second-order valence-electron chi connectivity index (χ2n) is 5.33. The molecular formula is C18H16N4O3S2. The van der Waals surface area contributed by atoms with E-state index in [-0.39, 0.29) is 17.4 Å². The number of benzene rings is 2. The van der Waals surface area contributed by atoms with Gasteiger partial charge in [0.15, 0.2) is 0 Å². The largest absolute Gasteiger partial charge is 0.411 e. The van der Waals surface area contributed by atoms with Gasteiger partial charge in [-0.05, 0) is 24.3 Å². The molecule has 138 valence electrons. The topological polar surface area (TPSA) is 111 Å². The highest BCUT2D eigenvalue weighted by atomic mass is 32.2. The Morgan fingerprint density at radius 2 is 1.70 bits per heavy atom. The van der Waals surface area contributed by atoms with Crippen molar-refractivity contribution in [2.24, 2.45) is 5.73 Å². The quantitative estimate of drug-likeness (QED) is 0.559. The molecule has 1 aromatic heterocycles. The number of thioether (sulfide) groups is 2. The van der Waals surface area contributed by atoms with Crippen molar-refractivity contribution in [3.05, 3.63) is 54.6 Å². The number of carbonyl (C=O) groups is 2. The average Bonchev–Trinajstić information content (AvgIpc) is 3.15. The molecule has 0 aliphatic carbocycles. The molecule has 0 bridgehead atoms. The number of primary amides is 1. The summed E-state index contributed by atoms with van der Waals surface area (Å²) in [5.74, 6) is 0.0394. The highest BCUT2D eigenvalue weighted by Gasteiger charge is 2.12. The second kappa shape index (κ2) is 9.24. The van der Waals surface area contributed by atoms with Gasteiger partial charge in [0.1, 0.15) is 0 Å². The molecule has 7 nitrogen and oxygen atoms in total. The van der Waals surface area contributed by atoms with Gasteiger partial charge in [-0.25, -0.2) is 0 Å². The van der Waals surface area contributed by atoms with E-state index in [0.29, 0.717) is 16.8 Å². The van der Waals surface area contributed by atoms with Crippen molar-refractivity contribution in [1.82, 2.24) is 10.2 Å². The monoisotopic (exact) mass is 400 g/mol. The van der Waals surface area contributed by atoms with Crippen molar-refractivity contribution >= 4 is 41.0 Å². The maximum absolute atomic E-state index is 12.2. The Kier molecular flexibility index (Phi) is 6.50. The normalized spacial score (nSPS) is 10.5. The maximum Gasteiger partial charge on any atom is 0.277 e. The Morgan fingerprint density at radius 1 is 0.963 bits per heavy atom. The molecule has 0 saturated heterocycles.